The third-order valence-corrected chi connectivity index (χ3v) is 16.4. The molecule has 0 saturated carbocycles. The molecule has 2 atom stereocenters. The highest BCUT2D eigenvalue weighted by Crippen LogP contribution is 2.64. The Labute approximate surface area is 373 Å². The van der Waals surface area contributed by atoms with Gasteiger partial charge in [0.05, 0.1) is 13.7 Å². The number of benzene rings is 2. The first-order valence-electron chi connectivity index (χ1n) is 19.8. The summed E-state index contributed by atoms with van der Waals surface area (Å²) in [5, 5.41) is 11.3. The van der Waals surface area contributed by atoms with Crippen molar-refractivity contribution in [1.29, 1.82) is 0 Å². The average molecular weight is 1020 g/mol. The van der Waals surface area contributed by atoms with Crippen LogP contribution in [-0.4, -0.2) is 93.5 Å². The lowest BCUT2D eigenvalue weighted by Gasteiger charge is -2.44. The van der Waals surface area contributed by atoms with Gasteiger partial charge in [0, 0.05) is 18.2 Å². The third-order valence-electron chi connectivity index (χ3n) is 10.8. The molecule has 0 aliphatic rings. The number of carbonyl (C=O) groups excluding carboxylic acids is 2. The molecule has 0 heterocycles. The number of hydrogen-bond donors (Lipinski definition) is 3. The van der Waals surface area contributed by atoms with E-state index in [0.29, 0.717) is 29.8 Å². The van der Waals surface area contributed by atoms with Gasteiger partial charge in [-0.3, -0.25) is 15.3 Å². The van der Waals surface area contributed by atoms with Gasteiger partial charge in [-0.25, -0.2) is 10.3 Å². The predicted octanol–water partition coefficient (Wildman–Crippen LogP) is 13.0. The average Bonchev–Trinajstić information content (AvgIpc) is 3.23. The predicted molar refractivity (Wildman–Crippen MR) is 207 cm³/mol. The molecule has 0 aliphatic heterocycles. The van der Waals surface area contributed by atoms with Gasteiger partial charge in [-0.1, -0.05) is 52.8 Å². The highest BCUT2D eigenvalue weighted by molar-refractivity contribution is 6.76. The van der Waals surface area contributed by atoms with E-state index in [0.717, 1.165) is 6.08 Å². The van der Waals surface area contributed by atoms with Gasteiger partial charge in [0.25, 0.3) is 5.91 Å². The summed E-state index contributed by atoms with van der Waals surface area (Å²) in [6.45, 7) is 6.02. The number of ether oxygens (including phenoxy) is 3. The minimum absolute atomic E-state index is 0.116. The molecular formula is C40H47F17N2O7Si. The summed E-state index contributed by atoms with van der Waals surface area (Å²) in [6, 6.07) is 10.7. The van der Waals surface area contributed by atoms with E-state index in [-0.39, 0.29) is 5.75 Å². The number of nitrogens with one attached hydrogen (secondary N) is 2. The fourth-order valence-corrected chi connectivity index (χ4v) is 11.2. The van der Waals surface area contributed by atoms with Crippen molar-refractivity contribution in [2.24, 2.45) is 5.92 Å². The zero-order chi connectivity index (χ0) is 51.8. The molecule has 382 valence electrons. The maximum absolute atomic E-state index is 15.0. The van der Waals surface area contributed by atoms with Gasteiger partial charge in [-0.2, -0.15) is 74.6 Å². The zero-order valence-corrected chi connectivity index (χ0v) is 37.1. The van der Waals surface area contributed by atoms with Crippen LogP contribution < -0.4 is 20.3 Å². The van der Waals surface area contributed by atoms with Crippen LogP contribution in [0.4, 0.5) is 85.1 Å². The quantitative estimate of drug-likeness (QED) is 0.0227. The van der Waals surface area contributed by atoms with Gasteiger partial charge in [0.1, 0.15) is 24.2 Å². The monoisotopic (exact) mass is 1020 g/mol. The van der Waals surface area contributed by atoms with Crippen LogP contribution in [0, 0.1) is 5.92 Å². The molecule has 0 unspecified atom stereocenters. The van der Waals surface area contributed by atoms with Gasteiger partial charge < -0.3 is 18.6 Å². The first-order chi connectivity index (χ1) is 30.5. The second kappa shape index (κ2) is 21.8. The lowest BCUT2D eigenvalue weighted by molar-refractivity contribution is -0.461. The van der Waals surface area contributed by atoms with E-state index in [1.54, 1.807) is 31.2 Å². The molecule has 2 amide bonds. The lowest BCUT2D eigenvalue weighted by atomic mass is 9.88. The maximum atomic E-state index is 15.0. The molecule has 0 spiro atoms. The van der Waals surface area contributed by atoms with Crippen molar-refractivity contribution in [3.8, 4) is 11.5 Å². The van der Waals surface area contributed by atoms with Gasteiger partial charge in [0.2, 0.25) is 0 Å². The van der Waals surface area contributed by atoms with Gasteiger partial charge >= 0.3 is 53.7 Å². The number of methoxy groups -OCH3 is 1. The molecule has 2 rings (SSSR count). The molecule has 2 aromatic carbocycles. The van der Waals surface area contributed by atoms with E-state index in [4.69, 9.17) is 23.8 Å². The Balaban J connectivity index is 2.29. The summed E-state index contributed by atoms with van der Waals surface area (Å²) < 4.78 is 258. The van der Waals surface area contributed by atoms with Crippen molar-refractivity contribution in [1.82, 2.24) is 5.48 Å². The summed E-state index contributed by atoms with van der Waals surface area (Å²) >= 11 is 0. The minimum Gasteiger partial charge on any atom is -0.497 e. The normalized spacial score (nSPS) is 14.9. The first-order valence-corrected chi connectivity index (χ1v) is 22.0. The third kappa shape index (κ3) is 12.4. The van der Waals surface area contributed by atoms with Crippen molar-refractivity contribution < 1.29 is 108 Å². The minimum atomic E-state index is -8.70. The fourth-order valence-electron chi connectivity index (χ4n) is 6.69. The largest absolute Gasteiger partial charge is 0.497 e. The van der Waals surface area contributed by atoms with Crippen LogP contribution in [0.5, 0.6) is 11.5 Å². The summed E-state index contributed by atoms with van der Waals surface area (Å²) in [5.74, 6) is -57.4. The number of anilines is 1. The second-order valence-electron chi connectivity index (χ2n) is 15.8. The Bertz CT molecular complexity index is 1940. The van der Waals surface area contributed by atoms with E-state index in [1.165, 1.54) is 70.6 Å². The number of alkyl halides is 17. The van der Waals surface area contributed by atoms with Crippen molar-refractivity contribution in [2.75, 3.05) is 25.6 Å². The van der Waals surface area contributed by atoms with Crippen LogP contribution >= 0.6 is 0 Å². The fraction of sp³-hybridized carbons (Fsp3) is 0.600. The van der Waals surface area contributed by atoms with Crippen LogP contribution in [0.25, 0.3) is 0 Å². The summed E-state index contributed by atoms with van der Waals surface area (Å²) in [5.41, 5.74) is 0.436. The Morgan fingerprint density at radius 3 is 1.61 bits per heavy atom. The number of allylic oxidation sites excluding steroid dienone is 1. The van der Waals surface area contributed by atoms with Crippen molar-refractivity contribution in [3.63, 3.8) is 0 Å². The van der Waals surface area contributed by atoms with E-state index in [1.807, 2.05) is 0 Å². The molecule has 0 aromatic heterocycles. The SMILES string of the molecule is COc1ccc(NC(=O)O[C@H](c2ccc(OCCO[Si](CCC(F)(F)C(F)(F)C(F)(F)C(F)(F)C(F)(F)C(F)(F)C(F)(F)C(F)(F)F)(C(C)C)C(C)C)cc2)[C@H](C)CC/C=C/C(=O)NO)cc1. The van der Waals surface area contributed by atoms with Crippen molar-refractivity contribution >= 4 is 26.0 Å². The molecule has 0 fully saturated rings. The Kier molecular flexibility index (Phi) is 19.1. The molecular weight excluding hydrogens is 971 g/mol. The molecule has 0 aliphatic carbocycles. The maximum Gasteiger partial charge on any atom is 0.460 e. The number of halogens is 17. The molecule has 67 heavy (non-hydrogen) atoms. The molecule has 0 bridgehead atoms. The van der Waals surface area contributed by atoms with E-state index < -0.39 is 117 Å². The summed E-state index contributed by atoms with van der Waals surface area (Å²) in [4.78, 5) is 24.3. The number of hydrogen-bond acceptors (Lipinski definition) is 7. The molecule has 0 radical (unpaired) electrons. The molecule has 3 N–H and O–H groups in total. The smallest absolute Gasteiger partial charge is 0.460 e. The Morgan fingerprint density at radius 1 is 0.672 bits per heavy atom. The van der Waals surface area contributed by atoms with E-state index in [2.05, 4.69) is 5.32 Å². The van der Waals surface area contributed by atoms with Crippen LogP contribution in [0.2, 0.25) is 17.1 Å². The van der Waals surface area contributed by atoms with Crippen molar-refractivity contribution in [3.05, 3.63) is 66.2 Å². The Hall–Kier alpha value is -4.53. The van der Waals surface area contributed by atoms with Crippen LogP contribution in [0.15, 0.2) is 60.7 Å². The highest BCUT2D eigenvalue weighted by Gasteiger charge is 2.95. The summed E-state index contributed by atoms with van der Waals surface area (Å²) in [6.07, 6.45) is -9.00. The van der Waals surface area contributed by atoms with Gasteiger partial charge in [0.15, 0.2) is 8.32 Å². The topological polar surface area (TPSA) is 115 Å². The summed E-state index contributed by atoms with van der Waals surface area (Å²) in [7, 11) is -2.58. The Morgan fingerprint density at radius 2 is 1.15 bits per heavy atom. The number of rotatable bonds is 25. The van der Waals surface area contributed by atoms with Crippen molar-refractivity contribution in [2.45, 2.75) is 125 Å². The van der Waals surface area contributed by atoms with Crippen LogP contribution in [-0.2, 0) is 14.0 Å². The van der Waals surface area contributed by atoms with E-state index in [9.17, 15) is 75.4 Å². The molecule has 9 nitrogen and oxygen atoms in total. The van der Waals surface area contributed by atoms with Crippen LogP contribution in [0.3, 0.4) is 0 Å². The molecule has 2 aromatic rings. The number of carbonyl (C=O) groups is 2. The standard InChI is InChI=1S/C40H47F17N2O7Si/c1-23(2)67(24(3)4,22-19-33(41,42)34(43,44)35(45,46)36(47,48)37(49,50)38(51,52)39(53,54)40(55,56)57)65-21-20-64-29-15-11-26(12-16-29)31(25(5)9-7-8-10-30(60)59-62)66-32(61)58-27-13-17-28(63-6)18-14-27/h8,10-18,23-25,31,62H,7,9,19-22H2,1-6H3,(H,58,61)(H,59,60)/b10-8+/t25-,31+/m1/s1. The second-order valence-corrected chi connectivity index (χ2v) is 20.8. The molecule has 0 saturated heterocycles. The zero-order valence-electron chi connectivity index (χ0n) is 36.1. The lowest BCUT2D eigenvalue weighted by Crippen LogP contribution is -2.74. The molecule has 27 heteroatoms. The first kappa shape index (κ1) is 58.6. The number of amides is 2. The van der Waals surface area contributed by atoms with Gasteiger partial charge in [-0.05, 0) is 77.8 Å². The van der Waals surface area contributed by atoms with Crippen LogP contribution in [0.1, 0.15) is 65.5 Å². The number of hydroxylamine groups is 1. The highest BCUT2D eigenvalue weighted by atomic mass is 28.4. The van der Waals surface area contributed by atoms with E-state index >= 15 is 8.78 Å². The van der Waals surface area contributed by atoms with Gasteiger partial charge in [-0.15, -0.1) is 0 Å².